The molecule has 0 saturated carbocycles. The summed E-state index contributed by atoms with van der Waals surface area (Å²) in [5, 5.41) is 2.78. The highest BCUT2D eigenvalue weighted by atomic mass is 79.9. The molecule has 0 spiro atoms. The molecule has 1 rings (SSSR count). The standard InChI is InChI=1S/C13H19BrN2O2/c1-5-8(2)12(18-4)13(17)16-11-7-6-10(14)9(3)15-11/h6-8,12H,5H2,1-4H3,(H,15,16,17). The van der Waals surface area contributed by atoms with Gasteiger partial charge in [-0.05, 0) is 40.9 Å². The Morgan fingerprint density at radius 1 is 1.56 bits per heavy atom. The van der Waals surface area contributed by atoms with Gasteiger partial charge in [-0.25, -0.2) is 4.98 Å². The van der Waals surface area contributed by atoms with Crippen LogP contribution < -0.4 is 5.32 Å². The van der Waals surface area contributed by atoms with Gasteiger partial charge in [0.1, 0.15) is 11.9 Å². The molecule has 0 aliphatic rings. The largest absolute Gasteiger partial charge is 0.371 e. The molecule has 0 aromatic carbocycles. The minimum atomic E-state index is -0.444. The Balaban J connectivity index is 2.76. The number of aromatic nitrogens is 1. The quantitative estimate of drug-likeness (QED) is 0.908. The Morgan fingerprint density at radius 2 is 2.22 bits per heavy atom. The van der Waals surface area contributed by atoms with Crippen molar-refractivity contribution in [2.75, 3.05) is 12.4 Å². The highest BCUT2D eigenvalue weighted by Crippen LogP contribution is 2.17. The van der Waals surface area contributed by atoms with Crippen LogP contribution in [-0.2, 0) is 9.53 Å². The molecule has 5 heteroatoms. The monoisotopic (exact) mass is 314 g/mol. The summed E-state index contributed by atoms with van der Waals surface area (Å²) in [5.41, 5.74) is 0.838. The highest BCUT2D eigenvalue weighted by Gasteiger charge is 2.23. The average Bonchev–Trinajstić information content (AvgIpc) is 2.34. The molecule has 1 N–H and O–H groups in total. The second-order valence-corrected chi connectivity index (χ2v) is 5.15. The summed E-state index contributed by atoms with van der Waals surface area (Å²) < 4.78 is 6.16. The highest BCUT2D eigenvalue weighted by molar-refractivity contribution is 9.10. The van der Waals surface area contributed by atoms with Crippen LogP contribution in [0.25, 0.3) is 0 Å². The molecule has 1 heterocycles. The molecule has 1 aromatic heterocycles. The van der Waals surface area contributed by atoms with E-state index in [4.69, 9.17) is 4.74 Å². The maximum Gasteiger partial charge on any atom is 0.254 e. The number of halogens is 1. The number of pyridine rings is 1. The number of nitrogens with zero attached hydrogens (tertiary/aromatic N) is 1. The van der Waals surface area contributed by atoms with Gasteiger partial charge in [0.05, 0.1) is 5.69 Å². The van der Waals surface area contributed by atoms with Gasteiger partial charge in [0.25, 0.3) is 5.91 Å². The topological polar surface area (TPSA) is 51.2 Å². The molecule has 0 aliphatic heterocycles. The summed E-state index contributed by atoms with van der Waals surface area (Å²) in [6, 6.07) is 3.63. The zero-order chi connectivity index (χ0) is 13.7. The van der Waals surface area contributed by atoms with E-state index in [9.17, 15) is 4.79 Å². The molecule has 2 atom stereocenters. The van der Waals surface area contributed by atoms with Crippen molar-refractivity contribution in [2.24, 2.45) is 5.92 Å². The number of nitrogens with one attached hydrogen (secondary N) is 1. The maximum atomic E-state index is 12.1. The number of hydrogen-bond donors (Lipinski definition) is 1. The fourth-order valence-corrected chi connectivity index (χ4v) is 1.84. The Kier molecular flexibility index (Phi) is 5.75. The van der Waals surface area contributed by atoms with Crippen molar-refractivity contribution in [3.8, 4) is 0 Å². The first-order chi connectivity index (χ1) is 8.49. The van der Waals surface area contributed by atoms with Gasteiger partial charge in [-0.2, -0.15) is 0 Å². The van der Waals surface area contributed by atoms with E-state index in [-0.39, 0.29) is 11.8 Å². The third-order valence-corrected chi connectivity index (χ3v) is 3.78. The molecular weight excluding hydrogens is 296 g/mol. The summed E-state index contributed by atoms with van der Waals surface area (Å²) in [4.78, 5) is 16.3. The Labute approximate surface area is 116 Å². The lowest BCUT2D eigenvalue weighted by Crippen LogP contribution is -2.35. The van der Waals surface area contributed by atoms with E-state index < -0.39 is 6.10 Å². The summed E-state index contributed by atoms with van der Waals surface area (Å²) in [7, 11) is 1.55. The minimum Gasteiger partial charge on any atom is -0.371 e. The molecule has 0 bridgehead atoms. The third-order valence-electron chi connectivity index (χ3n) is 2.95. The van der Waals surface area contributed by atoms with Crippen molar-refractivity contribution in [3.63, 3.8) is 0 Å². The van der Waals surface area contributed by atoms with E-state index in [1.165, 1.54) is 0 Å². The van der Waals surface area contributed by atoms with Crippen LogP contribution in [0.5, 0.6) is 0 Å². The lowest BCUT2D eigenvalue weighted by molar-refractivity contribution is -0.128. The first kappa shape index (κ1) is 15.1. The number of methoxy groups -OCH3 is 1. The number of rotatable bonds is 5. The third kappa shape index (κ3) is 3.78. The number of carbonyl (C=O) groups is 1. The molecule has 4 nitrogen and oxygen atoms in total. The number of anilines is 1. The van der Waals surface area contributed by atoms with Gasteiger partial charge in [-0.1, -0.05) is 20.3 Å². The van der Waals surface area contributed by atoms with Crippen molar-refractivity contribution < 1.29 is 9.53 Å². The van der Waals surface area contributed by atoms with Crippen LogP contribution in [0.15, 0.2) is 16.6 Å². The maximum absolute atomic E-state index is 12.1. The van der Waals surface area contributed by atoms with Crippen molar-refractivity contribution >= 4 is 27.7 Å². The number of ether oxygens (including phenoxy) is 1. The van der Waals surface area contributed by atoms with Crippen molar-refractivity contribution in [1.29, 1.82) is 0 Å². The van der Waals surface area contributed by atoms with Crippen molar-refractivity contribution in [3.05, 3.63) is 22.3 Å². The van der Waals surface area contributed by atoms with E-state index >= 15 is 0 Å². The first-order valence-electron chi connectivity index (χ1n) is 5.96. The van der Waals surface area contributed by atoms with Crippen molar-refractivity contribution in [1.82, 2.24) is 4.98 Å². The lowest BCUT2D eigenvalue weighted by Gasteiger charge is -2.20. The van der Waals surface area contributed by atoms with Gasteiger partial charge in [0.2, 0.25) is 0 Å². The lowest BCUT2D eigenvalue weighted by atomic mass is 10.0. The second-order valence-electron chi connectivity index (χ2n) is 4.29. The number of carbonyl (C=O) groups excluding carboxylic acids is 1. The van der Waals surface area contributed by atoms with Gasteiger partial charge < -0.3 is 10.1 Å². The smallest absolute Gasteiger partial charge is 0.254 e. The van der Waals surface area contributed by atoms with Gasteiger partial charge in [-0.3, -0.25) is 4.79 Å². The van der Waals surface area contributed by atoms with Crippen LogP contribution >= 0.6 is 15.9 Å². The van der Waals surface area contributed by atoms with Crippen LogP contribution in [0.1, 0.15) is 26.0 Å². The van der Waals surface area contributed by atoms with Gasteiger partial charge in [0, 0.05) is 11.6 Å². The SMILES string of the molecule is CCC(C)C(OC)C(=O)Nc1ccc(Br)c(C)n1. The van der Waals surface area contributed by atoms with Crippen LogP contribution in [0.3, 0.4) is 0 Å². The molecule has 0 saturated heterocycles. The van der Waals surface area contributed by atoms with E-state index in [0.29, 0.717) is 5.82 Å². The Bertz CT molecular complexity index is 423. The fourth-order valence-electron chi connectivity index (χ4n) is 1.62. The Hall–Kier alpha value is -0.940. The minimum absolute atomic E-state index is 0.152. The van der Waals surface area contributed by atoms with E-state index in [1.54, 1.807) is 13.2 Å². The predicted octanol–water partition coefficient (Wildman–Crippen LogP) is 3.15. The molecule has 0 radical (unpaired) electrons. The summed E-state index contributed by atoms with van der Waals surface area (Å²) in [6.45, 7) is 5.90. The van der Waals surface area contributed by atoms with Crippen LogP contribution in [0.2, 0.25) is 0 Å². The zero-order valence-corrected chi connectivity index (χ0v) is 12.7. The van der Waals surface area contributed by atoms with E-state index in [2.05, 4.69) is 26.2 Å². The molecule has 0 fully saturated rings. The van der Waals surface area contributed by atoms with Crippen molar-refractivity contribution in [2.45, 2.75) is 33.3 Å². The summed E-state index contributed by atoms with van der Waals surface area (Å²) >= 11 is 3.37. The molecule has 18 heavy (non-hydrogen) atoms. The van der Waals surface area contributed by atoms with E-state index in [0.717, 1.165) is 16.6 Å². The van der Waals surface area contributed by atoms with Gasteiger partial charge >= 0.3 is 0 Å². The van der Waals surface area contributed by atoms with Gasteiger partial charge in [0.15, 0.2) is 0 Å². The first-order valence-corrected chi connectivity index (χ1v) is 6.75. The van der Waals surface area contributed by atoms with Crippen LogP contribution in [0.4, 0.5) is 5.82 Å². The van der Waals surface area contributed by atoms with E-state index in [1.807, 2.05) is 26.8 Å². The zero-order valence-electron chi connectivity index (χ0n) is 11.2. The molecule has 2 unspecified atom stereocenters. The Morgan fingerprint density at radius 3 is 2.72 bits per heavy atom. The van der Waals surface area contributed by atoms with Gasteiger partial charge in [-0.15, -0.1) is 0 Å². The molecule has 100 valence electrons. The van der Waals surface area contributed by atoms with Crippen LogP contribution in [0, 0.1) is 12.8 Å². The number of aryl methyl sites for hydroxylation is 1. The second kappa shape index (κ2) is 6.85. The average molecular weight is 315 g/mol. The normalized spacial score (nSPS) is 14.1. The molecule has 1 aromatic rings. The molecule has 1 amide bonds. The summed E-state index contributed by atoms with van der Waals surface area (Å²) in [5.74, 6) is 0.568. The predicted molar refractivity (Wildman–Crippen MR) is 75.6 cm³/mol. The molecular formula is C13H19BrN2O2. The number of hydrogen-bond acceptors (Lipinski definition) is 3. The fraction of sp³-hybridized carbons (Fsp3) is 0.538. The number of amides is 1. The molecule has 0 aliphatic carbocycles. The summed E-state index contributed by atoms with van der Waals surface area (Å²) in [6.07, 6.45) is 0.444. The van der Waals surface area contributed by atoms with Crippen LogP contribution in [-0.4, -0.2) is 24.1 Å².